The van der Waals surface area contributed by atoms with E-state index in [0.29, 0.717) is 12.2 Å². The van der Waals surface area contributed by atoms with E-state index in [1.807, 2.05) is 6.92 Å². The summed E-state index contributed by atoms with van der Waals surface area (Å²) >= 11 is 0. The molecule has 15 heavy (non-hydrogen) atoms. The van der Waals surface area contributed by atoms with Crippen LogP contribution in [0.4, 0.5) is 0 Å². The van der Waals surface area contributed by atoms with Crippen LogP contribution >= 0.6 is 0 Å². The van der Waals surface area contributed by atoms with E-state index in [-0.39, 0.29) is 17.1 Å². The Labute approximate surface area is 90.7 Å². The normalized spacial score (nSPS) is 36.9. The van der Waals surface area contributed by atoms with Crippen LogP contribution in [0.2, 0.25) is 0 Å². The summed E-state index contributed by atoms with van der Waals surface area (Å²) in [5, 5.41) is 0. The van der Waals surface area contributed by atoms with Crippen LogP contribution in [0.5, 0.6) is 0 Å². The fourth-order valence-corrected chi connectivity index (χ4v) is 3.56. The number of carbonyl (C=O) groups is 2. The van der Waals surface area contributed by atoms with Gasteiger partial charge in [-0.15, -0.1) is 0 Å². The second-order valence-corrected chi connectivity index (χ2v) is 5.55. The molecule has 2 nitrogen and oxygen atoms in total. The predicted molar refractivity (Wildman–Crippen MR) is 58.4 cm³/mol. The number of allylic oxidation sites excluding steroid dienone is 2. The average molecular weight is 206 g/mol. The molecule has 3 rings (SSSR count). The first-order valence-corrected chi connectivity index (χ1v) is 5.55. The van der Waals surface area contributed by atoms with E-state index in [4.69, 9.17) is 0 Å². The lowest BCUT2D eigenvalue weighted by Crippen LogP contribution is -2.66. The molecule has 0 N–H and O–H groups in total. The van der Waals surface area contributed by atoms with Crippen LogP contribution in [0, 0.1) is 16.7 Å². The van der Waals surface area contributed by atoms with Gasteiger partial charge in [-0.1, -0.05) is 25.5 Å². The van der Waals surface area contributed by atoms with Crippen LogP contribution < -0.4 is 0 Å². The summed E-state index contributed by atoms with van der Waals surface area (Å²) in [5.74, 6) is 0.549. The van der Waals surface area contributed by atoms with Crippen LogP contribution in [0.1, 0.15) is 40.5 Å². The lowest BCUT2D eigenvalue weighted by molar-refractivity contribution is -0.171. The summed E-state index contributed by atoms with van der Waals surface area (Å²) in [6.45, 7) is 7.82. The first kappa shape index (κ1) is 10.6. The molecule has 0 aromatic rings. The fourth-order valence-electron chi connectivity index (χ4n) is 3.56. The number of hydrogen-bond acceptors (Lipinski definition) is 2. The Morgan fingerprint density at radius 1 is 1.53 bits per heavy atom. The zero-order valence-corrected chi connectivity index (χ0v) is 9.89. The van der Waals surface area contributed by atoms with Crippen molar-refractivity contribution >= 4 is 11.6 Å². The molecule has 2 unspecified atom stereocenters. The maximum Gasteiger partial charge on any atom is 0.148 e. The number of fused-ring (bicyclic) bond motifs is 1. The van der Waals surface area contributed by atoms with Crippen LogP contribution in [-0.2, 0) is 9.59 Å². The zero-order chi connectivity index (χ0) is 11.4. The molecule has 0 radical (unpaired) electrons. The second-order valence-electron chi connectivity index (χ2n) is 5.55. The zero-order valence-electron chi connectivity index (χ0n) is 9.89. The van der Waals surface area contributed by atoms with Crippen LogP contribution in [0.3, 0.4) is 0 Å². The highest BCUT2D eigenvalue weighted by atomic mass is 16.1. The maximum absolute atomic E-state index is 12.1. The third-order valence-corrected chi connectivity index (χ3v) is 4.56. The Kier molecular flexibility index (Phi) is 1.98. The van der Waals surface area contributed by atoms with E-state index >= 15 is 0 Å². The van der Waals surface area contributed by atoms with Crippen molar-refractivity contribution in [2.24, 2.45) is 16.7 Å². The molecule has 2 heteroatoms. The van der Waals surface area contributed by atoms with Gasteiger partial charge in [0, 0.05) is 12.3 Å². The smallest absolute Gasteiger partial charge is 0.148 e. The molecule has 0 amide bonds. The molecular weight excluding hydrogens is 188 g/mol. The molecule has 3 aliphatic rings. The Balaban J connectivity index is 2.49. The van der Waals surface area contributed by atoms with Crippen molar-refractivity contribution in [3.63, 3.8) is 0 Å². The molecule has 1 saturated carbocycles. The molecule has 2 atom stereocenters. The summed E-state index contributed by atoms with van der Waals surface area (Å²) in [6.07, 6.45) is 3.38. The van der Waals surface area contributed by atoms with Gasteiger partial charge in [-0.05, 0) is 25.7 Å². The van der Waals surface area contributed by atoms with E-state index < -0.39 is 5.41 Å². The van der Waals surface area contributed by atoms with Gasteiger partial charge >= 0.3 is 0 Å². The van der Waals surface area contributed by atoms with E-state index in [1.165, 1.54) is 0 Å². The third-order valence-electron chi connectivity index (χ3n) is 4.56. The van der Waals surface area contributed by atoms with Gasteiger partial charge in [0.05, 0.1) is 5.41 Å². The number of ketones is 2. The molecule has 0 saturated heterocycles. The summed E-state index contributed by atoms with van der Waals surface area (Å²) in [5.41, 5.74) is 0.603. The largest absolute Gasteiger partial charge is 0.300 e. The number of Topliss-reactive ketones (excluding diaryl/α,β-unsaturated/α-hetero) is 2. The molecular formula is C13H18O2. The monoisotopic (exact) mass is 206 g/mol. The van der Waals surface area contributed by atoms with Crippen molar-refractivity contribution in [3.8, 4) is 0 Å². The Bertz CT molecular complexity index is 376. The van der Waals surface area contributed by atoms with Crippen molar-refractivity contribution < 1.29 is 9.59 Å². The standard InChI is InChI=1S/C13H18O2/c1-8-5-6-10-11(15)13(8,7-9(2)14)12(10,3)4/h5,10H,6-7H2,1-4H3. The topological polar surface area (TPSA) is 34.1 Å². The molecule has 1 fully saturated rings. The van der Waals surface area contributed by atoms with Gasteiger partial charge in [0.1, 0.15) is 11.6 Å². The quantitative estimate of drug-likeness (QED) is 0.651. The first-order chi connectivity index (χ1) is 6.84. The van der Waals surface area contributed by atoms with Crippen LogP contribution in [0.25, 0.3) is 0 Å². The fraction of sp³-hybridized carbons (Fsp3) is 0.692. The summed E-state index contributed by atoms with van der Waals surface area (Å²) in [6, 6.07) is 0. The maximum atomic E-state index is 12.1. The second kappa shape index (κ2) is 2.81. The average Bonchev–Trinajstić information content (AvgIpc) is 2.10. The van der Waals surface area contributed by atoms with E-state index in [9.17, 15) is 9.59 Å². The summed E-state index contributed by atoms with van der Waals surface area (Å²) in [4.78, 5) is 23.5. The molecule has 0 heterocycles. The Morgan fingerprint density at radius 2 is 2.13 bits per heavy atom. The third kappa shape index (κ3) is 1.000. The number of hydrogen-bond donors (Lipinski definition) is 0. The first-order valence-electron chi connectivity index (χ1n) is 5.55. The molecule has 0 aromatic carbocycles. The van der Waals surface area contributed by atoms with Gasteiger partial charge in [0.2, 0.25) is 0 Å². The van der Waals surface area contributed by atoms with Crippen LogP contribution in [0.15, 0.2) is 11.6 Å². The molecule has 3 aliphatic carbocycles. The number of rotatable bonds is 2. The predicted octanol–water partition coefficient (Wildman–Crippen LogP) is 2.53. The molecule has 0 aromatic heterocycles. The summed E-state index contributed by atoms with van der Waals surface area (Å²) < 4.78 is 0. The van der Waals surface area contributed by atoms with E-state index in [2.05, 4.69) is 19.9 Å². The van der Waals surface area contributed by atoms with Gasteiger partial charge in [0.15, 0.2) is 0 Å². The lowest BCUT2D eigenvalue weighted by atomic mass is 9.38. The minimum atomic E-state index is -0.470. The van der Waals surface area contributed by atoms with Gasteiger partial charge < -0.3 is 0 Å². The minimum absolute atomic E-state index is 0.0331. The van der Waals surface area contributed by atoms with E-state index in [0.717, 1.165) is 12.0 Å². The molecule has 0 spiro atoms. The summed E-state index contributed by atoms with van der Waals surface area (Å²) in [7, 11) is 0. The van der Waals surface area contributed by atoms with Crippen molar-refractivity contribution in [1.29, 1.82) is 0 Å². The van der Waals surface area contributed by atoms with Gasteiger partial charge in [0.25, 0.3) is 0 Å². The molecule has 82 valence electrons. The molecule has 0 aliphatic heterocycles. The Hall–Kier alpha value is -0.920. The SMILES string of the molecule is CC(=O)CC12C(=O)C(CC=C1C)C2(C)C. The van der Waals surface area contributed by atoms with Crippen LogP contribution in [-0.4, -0.2) is 11.6 Å². The highest BCUT2D eigenvalue weighted by molar-refractivity contribution is 6.02. The van der Waals surface area contributed by atoms with Crippen molar-refractivity contribution in [2.45, 2.75) is 40.5 Å². The van der Waals surface area contributed by atoms with E-state index in [1.54, 1.807) is 6.92 Å². The van der Waals surface area contributed by atoms with Crippen molar-refractivity contribution in [3.05, 3.63) is 11.6 Å². The minimum Gasteiger partial charge on any atom is -0.300 e. The van der Waals surface area contributed by atoms with Gasteiger partial charge in [-0.25, -0.2) is 0 Å². The molecule has 2 bridgehead atoms. The highest BCUT2D eigenvalue weighted by Gasteiger charge is 2.69. The number of carbonyl (C=O) groups excluding carboxylic acids is 2. The van der Waals surface area contributed by atoms with Crippen molar-refractivity contribution in [2.75, 3.05) is 0 Å². The lowest BCUT2D eigenvalue weighted by Gasteiger charge is -2.63. The highest BCUT2D eigenvalue weighted by Crippen LogP contribution is 2.66. The Morgan fingerprint density at radius 3 is 2.53 bits per heavy atom. The van der Waals surface area contributed by atoms with Gasteiger partial charge in [-0.2, -0.15) is 0 Å². The van der Waals surface area contributed by atoms with Crippen molar-refractivity contribution in [1.82, 2.24) is 0 Å². The van der Waals surface area contributed by atoms with Gasteiger partial charge in [-0.3, -0.25) is 9.59 Å².